The molecule has 0 saturated heterocycles. The fraction of sp³-hybridized carbons (Fsp3) is 0.167. The Labute approximate surface area is 148 Å². The summed E-state index contributed by atoms with van der Waals surface area (Å²) in [7, 11) is 1.65. The minimum absolute atomic E-state index is 0.611. The molecule has 0 aliphatic heterocycles. The van der Waals surface area contributed by atoms with E-state index in [-0.39, 0.29) is 0 Å². The fourth-order valence-corrected chi connectivity index (χ4v) is 3.14. The largest absolute Gasteiger partial charge is 0.497 e. The number of fused-ring (bicyclic) bond motifs is 1. The van der Waals surface area contributed by atoms with E-state index in [0.717, 1.165) is 39.8 Å². The molecule has 0 amide bonds. The standard InChI is InChI=1S/C18H16BrClN2O/c1-23-14-5-6-17-15(10-14)18(16(20)11-22-17)21-8-7-12-3-2-4-13(19)9-12/h2-6,9-11H,7-8H2,1H3,(H,21,22). The van der Waals surface area contributed by atoms with Gasteiger partial charge in [-0.1, -0.05) is 39.7 Å². The zero-order valence-electron chi connectivity index (χ0n) is 12.6. The molecular weight excluding hydrogens is 376 g/mol. The van der Waals surface area contributed by atoms with Crippen LogP contribution < -0.4 is 10.1 Å². The second-order valence-corrected chi connectivity index (χ2v) is 6.49. The molecule has 0 unspecified atom stereocenters. The van der Waals surface area contributed by atoms with Crippen LogP contribution in [0.3, 0.4) is 0 Å². The van der Waals surface area contributed by atoms with Crippen LogP contribution in [-0.2, 0) is 6.42 Å². The minimum atomic E-state index is 0.611. The summed E-state index contributed by atoms with van der Waals surface area (Å²) < 4.78 is 6.39. The lowest BCUT2D eigenvalue weighted by molar-refractivity contribution is 0.415. The highest BCUT2D eigenvalue weighted by molar-refractivity contribution is 9.10. The zero-order valence-corrected chi connectivity index (χ0v) is 15.0. The molecule has 23 heavy (non-hydrogen) atoms. The highest BCUT2D eigenvalue weighted by atomic mass is 79.9. The molecule has 0 spiro atoms. The van der Waals surface area contributed by atoms with Gasteiger partial charge in [-0.3, -0.25) is 4.98 Å². The van der Waals surface area contributed by atoms with Gasteiger partial charge in [-0.15, -0.1) is 0 Å². The van der Waals surface area contributed by atoms with Gasteiger partial charge in [0.2, 0.25) is 0 Å². The van der Waals surface area contributed by atoms with Gasteiger partial charge in [0.15, 0.2) is 0 Å². The second-order valence-electron chi connectivity index (χ2n) is 5.17. The van der Waals surface area contributed by atoms with Crippen LogP contribution in [0.15, 0.2) is 53.1 Å². The lowest BCUT2D eigenvalue weighted by Crippen LogP contribution is -2.06. The van der Waals surface area contributed by atoms with Gasteiger partial charge >= 0.3 is 0 Å². The Hall–Kier alpha value is -1.78. The number of ether oxygens (including phenoxy) is 1. The third-order valence-corrected chi connectivity index (χ3v) is 4.41. The number of pyridine rings is 1. The second kappa shape index (κ2) is 7.20. The number of anilines is 1. The van der Waals surface area contributed by atoms with E-state index in [2.05, 4.69) is 38.4 Å². The van der Waals surface area contributed by atoms with E-state index >= 15 is 0 Å². The fourth-order valence-electron chi connectivity index (χ4n) is 2.48. The first-order chi connectivity index (χ1) is 11.2. The molecule has 1 aromatic heterocycles. The molecule has 0 radical (unpaired) electrons. The van der Waals surface area contributed by atoms with E-state index in [9.17, 15) is 0 Å². The summed E-state index contributed by atoms with van der Waals surface area (Å²) in [6.07, 6.45) is 2.58. The lowest BCUT2D eigenvalue weighted by atomic mass is 10.1. The summed E-state index contributed by atoms with van der Waals surface area (Å²) in [5.41, 5.74) is 3.05. The number of nitrogens with one attached hydrogen (secondary N) is 1. The summed E-state index contributed by atoms with van der Waals surface area (Å²) in [6, 6.07) is 14.1. The highest BCUT2D eigenvalue weighted by Gasteiger charge is 2.08. The van der Waals surface area contributed by atoms with Crippen molar-refractivity contribution in [2.45, 2.75) is 6.42 Å². The maximum Gasteiger partial charge on any atom is 0.119 e. The topological polar surface area (TPSA) is 34.1 Å². The van der Waals surface area contributed by atoms with Crippen LogP contribution in [0.4, 0.5) is 5.69 Å². The average molecular weight is 392 g/mol. The normalized spacial score (nSPS) is 10.7. The third kappa shape index (κ3) is 3.77. The Bertz CT molecular complexity index is 838. The number of methoxy groups -OCH3 is 1. The van der Waals surface area contributed by atoms with Crippen LogP contribution in [0.25, 0.3) is 10.9 Å². The number of benzene rings is 2. The summed E-state index contributed by atoms with van der Waals surface area (Å²) in [4.78, 5) is 4.36. The van der Waals surface area contributed by atoms with Crippen molar-refractivity contribution in [2.24, 2.45) is 0 Å². The highest BCUT2D eigenvalue weighted by Crippen LogP contribution is 2.32. The zero-order chi connectivity index (χ0) is 16.2. The molecule has 118 valence electrons. The first-order valence-electron chi connectivity index (χ1n) is 7.28. The summed E-state index contributed by atoms with van der Waals surface area (Å²) in [5, 5.41) is 5.01. The van der Waals surface area contributed by atoms with E-state index in [1.54, 1.807) is 13.3 Å². The third-order valence-electron chi connectivity index (χ3n) is 3.63. The molecule has 0 fully saturated rings. The average Bonchev–Trinajstić information content (AvgIpc) is 2.56. The predicted molar refractivity (Wildman–Crippen MR) is 99.6 cm³/mol. The van der Waals surface area contributed by atoms with E-state index in [1.807, 2.05) is 30.3 Å². The Morgan fingerprint density at radius 3 is 2.87 bits per heavy atom. The summed E-state index contributed by atoms with van der Waals surface area (Å²) >= 11 is 9.83. The maximum absolute atomic E-state index is 6.33. The first kappa shape index (κ1) is 16.1. The van der Waals surface area contributed by atoms with Crippen molar-refractivity contribution >= 4 is 44.1 Å². The number of hydrogen-bond donors (Lipinski definition) is 1. The van der Waals surface area contributed by atoms with Crippen LogP contribution in [0, 0.1) is 0 Å². The maximum atomic E-state index is 6.33. The van der Waals surface area contributed by atoms with E-state index < -0.39 is 0 Å². The molecule has 0 atom stereocenters. The van der Waals surface area contributed by atoms with E-state index in [4.69, 9.17) is 16.3 Å². The van der Waals surface area contributed by atoms with E-state index in [0.29, 0.717) is 5.02 Å². The van der Waals surface area contributed by atoms with Gasteiger partial charge in [0.1, 0.15) is 5.75 Å². The Morgan fingerprint density at radius 1 is 1.22 bits per heavy atom. The number of nitrogens with zero attached hydrogens (tertiary/aromatic N) is 1. The van der Waals surface area contributed by atoms with Gasteiger partial charge in [-0.25, -0.2) is 0 Å². The Kier molecular flexibility index (Phi) is 5.03. The van der Waals surface area contributed by atoms with Crippen molar-refractivity contribution in [3.8, 4) is 5.75 Å². The SMILES string of the molecule is COc1ccc2ncc(Cl)c(NCCc3cccc(Br)c3)c2c1. The summed E-state index contributed by atoms with van der Waals surface area (Å²) in [6.45, 7) is 0.784. The minimum Gasteiger partial charge on any atom is -0.497 e. The van der Waals surface area contributed by atoms with Gasteiger partial charge in [0.25, 0.3) is 0 Å². The number of halogens is 2. The molecule has 1 N–H and O–H groups in total. The molecule has 3 rings (SSSR count). The van der Waals surface area contributed by atoms with Crippen LogP contribution >= 0.6 is 27.5 Å². The van der Waals surface area contributed by atoms with Crippen LogP contribution in [0.5, 0.6) is 5.75 Å². The number of hydrogen-bond acceptors (Lipinski definition) is 3. The molecule has 0 aliphatic carbocycles. The van der Waals surface area contributed by atoms with Crippen molar-refractivity contribution in [3.63, 3.8) is 0 Å². The number of rotatable bonds is 5. The monoisotopic (exact) mass is 390 g/mol. The van der Waals surface area contributed by atoms with Gasteiger partial charge in [0, 0.05) is 22.6 Å². The van der Waals surface area contributed by atoms with Gasteiger partial charge in [-0.2, -0.15) is 0 Å². The van der Waals surface area contributed by atoms with Gasteiger partial charge in [0.05, 0.1) is 23.3 Å². The summed E-state index contributed by atoms with van der Waals surface area (Å²) in [5.74, 6) is 0.789. The Balaban J connectivity index is 1.82. The van der Waals surface area contributed by atoms with Crippen molar-refractivity contribution in [1.82, 2.24) is 4.98 Å². The molecular formula is C18H16BrClN2O. The molecule has 0 aliphatic rings. The number of aromatic nitrogens is 1. The molecule has 5 heteroatoms. The van der Waals surface area contributed by atoms with Gasteiger partial charge in [-0.05, 0) is 42.3 Å². The molecule has 0 bridgehead atoms. The van der Waals surface area contributed by atoms with Crippen molar-refractivity contribution in [1.29, 1.82) is 0 Å². The molecule has 2 aromatic carbocycles. The molecule has 1 heterocycles. The molecule has 3 nitrogen and oxygen atoms in total. The van der Waals surface area contributed by atoms with Crippen LogP contribution in [0.2, 0.25) is 5.02 Å². The first-order valence-corrected chi connectivity index (χ1v) is 8.45. The van der Waals surface area contributed by atoms with Gasteiger partial charge < -0.3 is 10.1 Å². The van der Waals surface area contributed by atoms with Crippen molar-refractivity contribution in [3.05, 3.63) is 63.7 Å². The Morgan fingerprint density at radius 2 is 2.09 bits per heavy atom. The van der Waals surface area contributed by atoms with Crippen molar-refractivity contribution in [2.75, 3.05) is 19.0 Å². The molecule has 3 aromatic rings. The lowest BCUT2D eigenvalue weighted by Gasteiger charge is -2.12. The van der Waals surface area contributed by atoms with Crippen LogP contribution in [0.1, 0.15) is 5.56 Å². The quantitative estimate of drug-likeness (QED) is 0.639. The van der Waals surface area contributed by atoms with Crippen molar-refractivity contribution < 1.29 is 4.74 Å². The predicted octanol–water partition coefficient (Wildman–Crippen LogP) is 5.31. The molecule has 0 saturated carbocycles. The van der Waals surface area contributed by atoms with Crippen LogP contribution in [-0.4, -0.2) is 18.6 Å². The smallest absolute Gasteiger partial charge is 0.119 e. The van der Waals surface area contributed by atoms with E-state index in [1.165, 1.54) is 5.56 Å².